The minimum absolute atomic E-state index is 0.178. The fourth-order valence-corrected chi connectivity index (χ4v) is 1.94. The first-order chi connectivity index (χ1) is 9.09. The molecule has 106 valence electrons. The van der Waals surface area contributed by atoms with E-state index in [4.69, 9.17) is 10.5 Å². The predicted octanol–water partition coefficient (Wildman–Crippen LogP) is 0.857. The molecule has 0 radical (unpaired) electrons. The van der Waals surface area contributed by atoms with Gasteiger partial charge in [0.1, 0.15) is 5.69 Å². The van der Waals surface area contributed by atoms with Crippen molar-refractivity contribution in [2.24, 2.45) is 13.0 Å². The standard InChI is InChI=1S/C13H22N4O2/c1-9-11(14)12(17(2)16-9)13(18)15-6-3-7-19-8-10-4-5-10/h10H,3-8,14H2,1-2H3,(H,15,18). The number of nitrogens with two attached hydrogens (primary N) is 1. The molecule has 1 heterocycles. The molecule has 0 unspecified atom stereocenters. The zero-order valence-corrected chi connectivity index (χ0v) is 11.6. The summed E-state index contributed by atoms with van der Waals surface area (Å²) in [4.78, 5) is 12.0. The van der Waals surface area contributed by atoms with Gasteiger partial charge in [0.2, 0.25) is 0 Å². The van der Waals surface area contributed by atoms with E-state index in [0.29, 0.717) is 30.2 Å². The lowest BCUT2D eigenvalue weighted by atomic mass is 10.3. The number of nitrogens with one attached hydrogen (secondary N) is 1. The van der Waals surface area contributed by atoms with E-state index in [1.165, 1.54) is 17.5 Å². The Morgan fingerprint density at radius 1 is 1.58 bits per heavy atom. The molecule has 19 heavy (non-hydrogen) atoms. The number of carbonyl (C=O) groups excluding carboxylic acids is 1. The monoisotopic (exact) mass is 266 g/mol. The average Bonchev–Trinajstić information content (AvgIpc) is 3.13. The van der Waals surface area contributed by atoms with E-state index in [2.05, 4.69) is 10.4 Å². The molecule has 1 aliphatic carbocycles. The van der Waals surface area contributed by atoms with E-state index >= 15 is 0 Å². The van der Waals surface area contributed by atoms with Crippen LogP contribution in [0, 0.1) is 12.8 Å². The van der Waals surface area contributed by atoms with Crippen LogP contribution in [-0.4, -0.2) is 35.4 Å². The molecule has 2 rings (SSSR count). The number of anilines is 1. The molecule has 1 aromatic heterocycles. The fourth-order valence-electron chi connectivity index (χ4n) is 1.94. The van der Waals surface area contributed by atoms with Crippen LogP contribution in [0.25, 0.3) is 0 Å². The zero-order chi connectivity index (χ0) is 13.8. The fraction of sp³-hybridized carbons (Fsp3) is 0.692. The maximum absolute atomic E-state index is 12.0. The highest BCUT2D eigenvalue weighted by Crippen LogP contribution is 2.28. The lowest BCUT2D eigenvalue weighted by molar-refractivity contribution is 0.0929. The Kier molecular flexibility index (Phi) is 4.42. The van der Waals surface area contributed by atoms with Crippen LogP contribution in [0.2, 0.25) is 0 Å². The Hall–Kier alpha value is -1.56. The molecule has 1 amide bonds. The maximum atomic E-state index is 12.0. The van der Waals surface area contributed by atoms with E-state index in [1.54, 1.807) is 14.0 Å². The van der Waals surface area contributed by atoms with Gasteiger partial charge < -0.3 is 15.8 Å². The van der Waals surface area contributed by atoms with Crippen molar-refractivity contribution in [1.29, 1.82) is 0 Å². The summed E-state index contributed by atoms with van der Waals surface area (Å²) in [5.41, 5.74) is 7.38. The molecule has 6 nitrogen and oxygen atoms in total. The second-order valence-electron chi connectivity index (χ2n) is 5.10. The quantitative estimate of drug-likeness (QED) is 0.717. The van der Waals surface area contributed by atoms with E-state index < -0.39 is 0 Å². The summed E-state index contributed by atoms with van der Waals surface area (Å²) < 4.78 is 7.02. The number of hydrogen-bond acceptors (Lipinski definition) is 4. The van der Waals surface area contributed by atoms with Crippen molar-refractivity contribution >= 4 is 11.6 Å². The summed E-state index contributed by atoms with van der Waals surface area (Å²) in [5.74, 6) is 0.606. The van der Waals surface area contributed by atoms with Crippen molar-refractivity contribution in [3.8, 4) is 0 Å². The lowest BCUT2D eigenvalue weighted by Gasteiger charge is -2.07. The summed E-state index contributed by atoms with van der Waals surface area (Å²) in [7, 11) is 1.72. The molecule has 1 saturated carbocycles. The summed E-state index contributed by atoms with van der Waals surface area (Å²) in [6.45, 7) is 3.93. The van der Waals surface area contributed by atoms with Gasteiger partial charge in [-0.1, -0.05) is 0 Å². The predicted molar refractivity (Wildman–Crippen MR) is 72.9 cm³/mol. The summed E-state index contributed by atoms with van der Waals surface area (Å²) in [6, 6.07) is 0. The second-order valence-corrected chi connectivity index (χ2v) is 5.10. The van der Waals surface area contributed by atoms with Crippen LogP contribution in [-0.2, 0) is 11.8 Å². The number of carbonyl (C=O) groups is 1. The van der Waals surface area contributed by atoms with Crippen molar-refractivity contribution in [3.05, 3.63) is 11.4 Å². The van der Waals surface area contributed by atoms with Gasteiger partial charge in [0.15, 0.2) is 0 Å². The molecular weight excluding hydrogens is 244 g/mol. The van der Waals surface area contributed by atoms with E-state index in [0.717, 1.165) is 18.9 Å². The van der Waals surface area contributed by atoms with E-state index in [9.17, 15) is 4.79 Å². The molecule has 0 atom stereocenters. The molecule has 6 heteroatoms. The van der Waals surface area contributed by atoms with Crippen molar-refractivity contribution < 1.29 is 9.53 Å². The van der Waals surface area contributed by atoms with Gasteiger partial charge in [-0.3, -0.25) is 9.48 Å². The average molecular weight is 266 g/mol. The molecule has 3 N–H and O–H groups in total. The first-order valence-electron chi connectivity index (χ1n) is 6.74. The van der Waals surface area contributed by atoms with Crippen LogP contribution < -0.4 is 11.1 Å². The number of nitrogen functional groups attached to an aromatic ring is 1. The first kappa shape index (κ1) is 13.9. The maximum Gasteiger partial charge on any atom is 0.271 e. The molecule has 1 aliphatic rings. The Morgan fingerprint density at radius 3 is 2.89 bits per heavy atom. The van der Waals surface area contributed by atoms with Crippen LogP contribution in [0.4, 0.5) is 5.69 Å². The van der Waals surface area contributed by atoms with Gasteiger partial charge in [-0.25, -0.2) is 0 Å². The number of nitrogens with zero attached hydrogens (tertiary/aromatic N) is 2. The van der Waals surface area contributed by atoms with Gasteiger partial charge in [-0.05, 0) is 32.1 Å². The minimum Gasteiger partial charge on any atom is -0.395 e. The zero-order valence-electron chi connectivity index (χ0n) is 11.6. The SMILES string of the molecule is Cc1nn(C)c(C(=O)NCCCOCC2CC2)c1N. The van der Waals surface area contributed by atoms with Gasteiger partial charge in [0.25, 0.3) is 5.91 Å². The molecule has 0 spiro atoms. The number of amides is 1. The minimum atomic E-state index is -0.178. The third-order valence-corrected chi connectivity index (χ3v) is 3.29. The van der Waals surface area contributed by atoms with Crippen molar-refractivity contribution in [1.82, 2.24) is 15.1 Å². The van der Waals surface area contributed by atoms with Crippen LogP contribution in [0.3, 0.4) is 0 Å². The van der Waals surface area contributed by atoms with E-state index in [-0.39, 0.29) is 5.91 Å². The third-order valence-electron chi connectivity index (χ3n) is 3.29. The largest absolute Gasteiger partial charge is 0.395 e. The van der Waals surface area contributed by atoms with Crippen LogP contribution >= 0.6 is 0 Å². The first-order valence-corrected chi connectivity index (χ1v) is 6.74. The molecule has 1 aromatic rings. The highest BCUT2D eigenvalue weighted by molar-refractivity contribution is 5.97. The summed E-state index contributed by atoms with van der Waals surface area (Å²) in [5, 5.41) is 6.96. The molecular formula is C13H22N4O2. The number of aryl methyl sites for hydroxylation is 2. The molecule has 0 bridgehead atoms. The van der Waals surface area contributed by atoms with Gasteiger partial charge >= 0.3 is 0 Å². The smallest absolute Gasteiger partial charge is 0.271 e. The summed E-state index contributed by atoms with van der Waals surface area (Å²) >= 11 is 0. The molecule has 1 fully saturated rings. The topological polar surface area (TPSA) is 82.2 Å². The lowest BCUT2D eigenvalue weighted by Crippen LogP contribution is -2.28. The van der Waals surface area contributed by atoms with Gasteiger partial charge in [0, 0.05) is 26.8 Å². The number of aromatic nitrogens is 2. The van der Waals surface area contributed by atoms with Gasteiger partial charge in [-0.2, -0.15) is 5.10 Å². The Balaban J connectivity index is 1.68. The second kappa shape index (κ2) is 6.06. The third kappa shape index (κ3) is 3.70. The number of hydrogen-bond donors (Lipinski definition) is 2. The van der Waals surface area contributed by atoms with Crippen molar-refractivity contribution in [2.45, 2.75) is 26.2 Å². The number of ether oxygens (including phenoxy) is 1. The number of rotatable bonds is 7. The van der Waals surface area contributed by atoms with Gasteiger partial charge in [0.05, 0.1) is 11.4 Å². The Bertz CT molecular complexity index is 452. The Morgan fingerprint density at radius 2 is 2.32 bits per heavy atom. The highest BCUT2D eigenvalue weighted by atomic mass is 16.5. The van der Waals surface area contributed by atoms with Crippen molar-refractivity contribution in [2.75, 3.05) is 25.5 Å². The van der Waals surface area contributed by atoms with Crippen LogP contribution in [0.1, 0.15) is 35.4 Å². The molecule has 0 aliphatic heterocycles. The van der Waals surface area contributed by atoms with E-state index in [1.807, 2.05) is 0 Å². The molecule has 0 saturated heterocycles. The molecule has 0 aromatic carbocycles. The Labute approximate surface area is 113 Å². The van der Waals surface area contributed by atoms with Gasteiger partial charge in [-0.15, -0.1) is 0 Å². The van der Waals surface area contributed by atoms with Crippen LogP contribution in [0.5, 0.6) is 0 Å². The van der Waals surface area contributed by atoms with Crippen molar-refractivity contribution in [3.63, 3.8) is 0 Å². The van der Waals surface area contributed by atoms with Crippen LogP contribution in [0.15, 0.2) is 0 Å². The highest BCUT2D eigenvalue weighted by Gasteiger charge is 2.21. The summed E-state index contributed by atoms with van der Waals surface area (Å²) in [6.07, 6.45) is 3.42. The normalized spacial score (nSPS) is 14.6.